The number of benzene rings is 2. The van der Waals surface area contributed by atoms with Gasteiger partial charge in [0.25, 0.3) is 0 Å². The molecule has 3 aromatic heterocycles. The van der Waals surface area contributed by atoms with Crippen LogP contribution < -0.4 is 0 Å². The van der Waals surface area contributed by atoms with Crippen LogP contribution >= 0.6 is 0 Å². The zero-order chi connectivity index (χ0) is 15.9. The number of H-pyrrole nitrogens is 1. The highest BCUT2D eigenvalue weighted by Gasteiger charge is 2.17. The van der Waals surface area contributed by atoms with Crippen LogP contribution in [0.25, 0.3) is 39.0 Å². The summed E-state index contributed by atoms with van der Waals surface area (Å²) in [6.45, 7) is 0. The maximum absolute atomic E-state index is 4.66. The summed E-state index contributed by atoms with van der Waals surface area (Å²) >= 11 is 0. The second kappa shape index (κ2) is 5.06. The Balaban J connectivity index is 1.98. The predicted molar refractivity (Wildman–Crippen MR) is 96.2 cm³/mol. The summed E-state index contributed by atoms with van der Waals surface area (Å²) in [6.07, 6.45) is 5.46. The quantitative estimate of drug-likeness (QED) is 0.519. The fraction of sp³-hybridized carbons (Fsp3) is 0. The number of rotatable bonds is 2. The van der Waals surface area contributed by atoms with Crippen molar-refractivity contribution in [1.82, 2.24) is 19.5 Å². The lowest BCUT2D eigenvalue weighted by atomic mass is 10.1. The van der Waals surface area contributed by atoms with E-state index in [-0.39, 0.29) is 0 Å². The summed E-state index contributed by atoms with van der Waals surface area (Å²) in [5, 5.41) is 1.12. The number of hydrogen-bond acceptors (Lipinski definition) is 2. The zero-order valence-electron chi connectivity index (χ0n) is 12.8. The van der Waals surface area contributed by atoms with Crippen molar-refractivity contribution in [3.63, 3.8) is 0 Å². The van der Waals surface area contributed by atoms with Crippen LogP contribution in [0.2, 0.25) is 0 Å². The molecule has 2 aromatic carbocycles. The molecule has 24 heavy (non-hydrogen) atoms. The van der Waals surface area contributed by atoms with E-state index in [1.54, 1.807) is 6.20 Å². The number of hydrogen-bond donors (Lipinski definition) is 1. The highest BCUT2D eigenvalue weighted by Crippen LogP contribution is 2.36. The van der Waals surface area contributed by atoms with Crippen molar-refractivity contribution in [3.8, 4) is 17.1 Å². The van der Waals surface area contributed by atoms with Crippen molar-refractivity contribution < 1.29 is 0 Å². The average Bonchev–Trinajstić information content (AvgIpc) is 3.28. The van der Waals surface area contributed by atoms with Crippen LogP contribution in [-0.4, -0.2) is 19.5 Å². The minimum atomic E-state index is 0.860. The molecule has 0 radical (unpaired) electrons. The van der Waals surface area contributed by atoms with Crippen molar-refractivity contribution in [3.05, 3.63) is 79.3 Å². The number of aromatic amines is 1. The molecule has 0 atom stereocenters. The minimum Gasteiger partial charge on any atom is -0.345 e. The minimum absolute atomic E-state index is 0.860. The molecule has 0 bridgehead atoms. The Morgan fingerprint density at radius 1 is 0.750 bits per heavy atom. The van der Waals surface area contributed by atoms with E-state index < -0.39 is 0 Å². The first kappa shape index (κ1) is 13.1. The highest BCUT2D eigenvalue weighted by molar-refractivity contribution is 6.13. The third-order valence-corrected chi connectivity index (χ3v) is 4.32. The lowest BCUT2D eigenvalue weighted by molar-refractivity contribution is 1.17. The van der Waals surface area contributed by atoms with E-state index in [1.165, 1.54) is 0 Å². The molecule has 114 valence electrons. The number of para-hydroxylation sites is 1. The van der Waals surface area contributed by atoms with Crippen molar-refractivity contribution in [2.45, 2.75) is 0 Å². The summed E-state index contributed by atoms with van der Waals surface area (Å²) in [5.41, 5.74) is 5.41. The first-order valence-corrected chi connectivity index (χ1v) is 7.87. The van der Waals surface area contributed by atoms with Crippen molar-refractivity contribution >= 4 is 21.9 Å². The predicted octanol–water partition coefficient (Wildman–Crippen LogP) is 4.57. The molecule has 0 aliphatic heterocycles. The van der Waals surface area contributed by atoms with E-state index >= 15 is 0 Å². The third kappa shape index (κ3) is 1.80. The van der Waals surface area contributed by atoms with E-state index in [0.717, 1.165) is 39.0 Å². The number of fused-ring (bicyclic) bond motifs is 3. The van der Waals surface area contributed by atoms with E-state index in [0.29, 0.717) is 0 Å². The number of aromatic nitrogens is 4. The topological polar surface area (TPSA) is 46.5 Å². The number of nitrogens with one attached hydrogen (secondary N) is 1. The van der Waals surface area contributed by atoms with E-state index in [4.69, 9.17) is 0 Å². The second-order valence-corrected chi connectivity index (χ2v) is 5.68. The van der Waals surface area contributed by atoms with Crippen molar-refractivity contribution in [2.75, 3.05) is 0 Å². The largest absolute Gasteiger partial charge is 0.345 e. The first-order valence-electron chi connectivity index (χ1n) is 7.87. The molecule has 0 amide bonds. The van der Waals surface area contributed by atoms with Gasteiger partial charge < -0.3 is 9.55 Å². The average molecular weight is 310 g/mol. The number of pyridine rings is 1. The van der Waals surface area contributed by atoms with Gasteiger partial charge >= 0.3 is 0 Å². The summed E-state index contributed by atoms with van der Waals surface area (Å²) in [5.74, 6) is 0.860. The van der Waals surface area contributed by atoms with Crippen LogP contribution in [0.3, 0.4) is 0 Å². The summed E-state index contributed by atoms with van der Waals surface area (Å²) in [7, 11) is 0. The SMILES string of the molecule is c1ccc(-n2c3cccnc3c3c(-c4ncc[nH]4)cccc32)cc1. The molecule has 5 rings (SSSR count). The summed E-state index contributed by atoms with van der Waals surface area (Å²) in [4.78, 5) is 12.3. The highest BCUT2D eigenvalue weighted by atomic mass is 15.0. The Hall–Kier alpha value is -3.40. The van der Waals surface area contributed by atoms with Crippen LogP contribution in [0.15, 0.2) is 79.3 Å². The molecule has 0 spiro atoms. The van der Waals surface area contributed by atoms with E-state index in [9.17, 15) is 0 Å². The van der Waals surface area contributed by atoms with Gasteiger partial charge in [0.05, 0.1) is 16.6 Å². The lowest BCUT2D eigenvalue weighted by Gasteiger charge is -2.07. The molecule has 0 saturated heterocycles. The van der Waals surface area contributed by atoms with Gasteiger partial charge in [0.15, 0.2) is 0 Å². The van der Waals surface area contributed by atoms with Gasteiger partial charge in [0.1, 0.15) is 5.82 Å². The van der Waals surface area contributed by atoms with Gasteiger partial charge in [-0.2, -0.15) is 0 Å². The molecule has 0 fully saturated rings. The van der Waals surface area contributed by atoms with Gasteiger partial charge in [-0.3, -0.25) is 4.98 Å². The molecule has 0 unspecified atom stereocenters. The maximum atomic E-state index is 4.66. The Bertz CT molecular complexity index is 1140. The third-order valence-electron chi connectivity index (χ3n) is 4.32. The molecular weight excluding hydrogens is 296 g/mol. The molecule has 4 heteroatoms. The standard InChI is InChI=1S/C20H14N4/c1-2-6-14(7-3-1)24-16-9-4-8-15(20-22-12-13-23-20)18(16)19-17(24)10-5-11-21-19/h1-13H,(H,22,23). The van der Waals surface area contributed by atoms with Crippen LogP contribution in [0.4, 0.5) is 0 Å². The molecule has 0 saturated carbocycles. The maximum Gasteiger partial charge on any atom is 0.138 e. The van der Waals surface area contributed by atoms with Crippen LogP contribution in [0.5, 0.6) is 0 Å². The molecular formula is C20H14N4. The Labute approximate surface area is 138 Å². The number of imidazole rings is 1. The molecule has 3 heterocycles. The van der Waals surface area contributed by atoms with Crippen molar-refractivity contribution in [1.29, 1.82) is 0 Å². The summed E-state index contributed by atoms with van der Waals surface area (Å²) in [6, 6.07) is 20.8. The van der Waals surface area contributed by atoms with E-state index in [1.807, 2.05) is 24.5 Å². The molecule has 0 aliphatic carbocycles. The normalized spacial score (nSPS) is 11.3. The molecule has 4 nitrogen and oxygen atoms in total. The molecule has 1 N–H and O–H groups in total. The van der Waals surface area contributed by atoms with Gasteiger partial charge in [-0.1, -0.05) is 30.3 Å². The second-order valence-electron chi connectivity index (χ2n) is 5.68. The smallest absolute Gasteiger partial charge is 0.138 e. The van der Waals surface area contributed by atoms with Gasteiger partial charge in [-0.05, 0) is 30.3 Å². The van der Waals surface area contributed by atoms with Crippen LogP contribution in [0, 0.1) is 0 Å². The van der Waals surface area contributed by atoms with Gasteiger partial charge in [-0.15, -0.1) is 0 Å². The Morgan fingerprint density at radius 2 is 1.62 bits per heavy atom. The fourth-order valence-corrected chi connectivity index (χ4v) is 3.34. The van der Waals surface area contributed by atoms with Gasteiger partial charge in [0, 0.05) is 35.2 Å². The Kier molecular flexibility index (Phi) is 2.76. The fourth-order valence-electron chi connectivity index (χ4n) is 3.34. The zero-order valence-corrected chi connectivity index (χ0v) is 12.8. The molecule has 0 aliphatic rings. The van der Waals surface area contributed by atoms with Gasteiger partial charge in [0.2, 0.25) is 0 Å². The molecule has 5 aromatic rings. The van der Waals surface area contributed by atoms with Crippen molar-refractivity contribution in [2.24, 2.45) is 0 Å². The first-order chi connectivity index (χ1) is 11.9. The lowest BCUT2D eigenvalue weighted by Crippen LogP contribution is -1.93. The van der Waals surface area contributed by atoms with Gasteiger partial charge in [-0.25, -0.2) is 4.98 Å². The number of nitrogens with zero attached hydrogens (tertiary/aromatic N) is 3. The van der Waals surface area contributed by atoms with E-state index in [2.05, 4.69) is 68.0 Å². The van der Waals surface area contributed by atoms with Crippen LogP contribution in [0.1, 0.15) is 0 Å². The monoisotopic (exact) mass is 310 g/mol. The Morgan fingerprint density at radius 3 is 2.46 bits per heavy atom. The van der Waals surface area contributed by atoms with Crippen LogP contribution in [-0.2, 0) is 0 Å². The summed E-state index contributed by atoms with van der Waals surface area (Å²) < 4.78 is 2.25.